The van der Waals surface area contributed by atoms with E-state index >= 15 is 0 Å². The van der Waals surface area contributed by atoms with Crippen LogP contribution in [0.15, 0.2) is 66.2 Å². The first kappa shape index (κ1) is 17.5. The zero-order valence-electron chi connectivity index (χ0n) is 15.1. The number of hydrogen-bond donors (Lipinski definition) is 2. The molecule has 0 fully saturated rings. The fourth-order valence-corrected chi connectivity index (χ4v) is 2.81. The maximum atomic E-state index is 9.83. The Kier molecular flexibility index (Phi) is 4.83. The van der Waals surface area contributed by atoms with Crippen molar-refractivity contribution in [3.05, 3.63) is 72.2 Å². The first-order valence-corrected chi connectivity index (χ1v) is 8.61. The van der Waals surface area contributed by atoms with Gasteiger partial charge in [-0.3, -0.25) is 5.43 Å². The van der Waals surface area contributed by atoms with Crippen LogP contribution in [0.3, 0.4) is 0 Å². The molecule has 0 atom stereocenters. The third-order valence-corrected chi connectivity index (χ3v) is 4.20. The van der Waals surface area contributed by atoms with E-state index in [0.717, 1.165) is 22.2 Å². The second kappa shape index (κ2) is 7.75. The summed E-state index contributed by atoms with van der Waals surface area (Å²) in [5.41, 5.74) is 5.49. The molecule has 4 rings (SSSR count). The van der Waals surface area contributed by atoms with E-state index in [1.165, 1.54) is 13.4 Å². The number of nitrogens with zero attached hydrogens (tertiary/aromatic N) is 5. The Morgan fingerprint density at radius 1 is 1.18 bits per heavy atom. The van der Waals surface area contributed by atoms with E-state index in [0.29, 0.717) is 18.1 Å². The van der Waals surface area contributed by atoms with Gasteiger partial charge < -0.3 is 9.84 Å². The van der Waals surface area contributed by atoms with Gasteiger partial charge in [-0.05, 0) is 29.3 Å². The molecule has 0 radical (unpaired) electrons. The quantitative estimate of drug-likeness (QED) is 0.398. The number of phenolic OH excluding ortho intramolecular Hbond substituents is 1. The highest BCUT2D eigenvalue weighted by Crippen LogP contribution is 2.25. The number of fused-ring (bicyclic) bond motifs is 1. The van der Waals surface area contributed by atoms with Crippen LogP contribution in [0.5, 0.6) is 11.5 Å². The minimum Gasteiger partial charge on any atom is -0.504 e. The van der Waals surface area contributed by atoms with Crippen LogP contribution in [0.2, 0.25) is 0 Å². The van der Waals surface area contributed by atoms with Gasteiger partial charge in [0.2, 0.25) is 0 Å². The van der Waals surface area contributed by atoms with Crippen LogP contribution >= 0.6 is 0 Å². The molecule has 0 aliphatic heterocycles. The summed E-state index contributed by atoms with van der Waals surface area (Å²) in [4.78, 5) is 8.59. The summed E-state index contributed by atoms with van der Waals surface area (Å²) in [6.45, 7) is 0.620. The summed E-state index contributed by atoms with van der Waals surface area (Å²) in [5, 5.41) is 19.2. The maximum absolute atomic E-state index is 9.83. The zero-order valence-corrected chi connectivity index (χ0v) is 15.1. The van der Waals surface area contributed by atoms with E-state index < -0.39 is 0 Å². The van der Waals surface area contributed by atoms with Crippen molar-refractivity contribution in [2.45, 2.75) is 6.54 Å². The van der Waals surface area contributed by atoms with Gasteiger partial charge in [0.25, 0.3) is 0 Å². The summed E-state index contributed by atoms with van der Waals surface area (Å²) >= 11 is 0. The second-order valence-electron chi connectivity index (χ2n) is 6.05. The summed E-state index contributed by atoms with van der Waals surface area (Å²) in [5.74, 6) is 1.02. The number of hydrogen-bond acceptors (Lipinski definition) is 7. The van der Waals surface area contributed by atoms with Gasteiger partial charge in [0.15, 0.2) is 23.0 Å². The van der Waals surface area contributed by atoms with Crippen molar-refractivity contribution in [3.63, 3.8) is 0 Å². The molecule has 0 amide bonds. The molecule has 0 unspecified atom stereocenters. The van der Waals surface area contributed by atoms with Crippen LogP contribution in [-0.2, 0) is 6.54 Å². The number of methoxy groups -OCH3 is 1. The minimum absolute atomic E-state index is 0.0538. The van der Waals surface area contributed by atoms with Crippen LogP contribution < -0.4 is 10.2 Å². The molecule has 0 spiro atoms. The highest BCUT2D eigenvalue weighted by molar-refractivity contribution is 5.87. The van der Waals surface area contributed by atoms with E-state index in [4.69, 9.17) is 4.74 Å². The molecule has 0 bridgehead atoms. The summed E-state index contributed by atoms with van der Waals surface area (Å²) in [6.07, 6.45) is 4.78. The van der Waals surface area contributed by atoms with Gasteiger partial charge in [-0.2, -0.15) is 10.2 Å². The van der Waals surface area contributed by atoms with Crippen molar-refractivity contribution in [1.29, 1.82) is 0 Å². The van der Waals surface area contributed by atoms with Crippen LogP contribution in [0.1, 0.15) is 11.1 Å². The number of aromatic nitrogens is 4. The number of rotatable bonds is 6. The molecule has 2 aromatic carbocycles. The lowest BCUT2D eigenvalue weighted by Crippen LogP contribution is -2.03. The molecule has 2 heterocycles. The summed E-state index contributed by atoms with van der Waals surface area (Å²) in [6, 6.07) is 15.1. The number of ether oxygens (including phenoxy) is 1. The third kappa shape index (κ3) is 3.61. The molecule has 0 aliphatic carbocycles. The van der Waals surface area contributed by atoms with Gasteiger partial charge in [-0.1, -0.05) is 30.3 Å². The van der Waals surface area contributed by atoms with E-state index in [1.54, 1.807) is 30.6 Å². The average molecular weight is 374 g/mol. The molecule has 4 aromatic rings. The first-order valence-electron chi connectivity index (χ1n) is 8.61. The number of anilines is 1. The van der Waals surface area contributed by atoms with Crippen LogP contribution in [-0.4, -0.2) is 38.2 Å². The van der Waals surface area contributed by atoms with Gasteiger partial charge in [0, 0.05) is 0 Å². The number of benzene rings is 2. The second-order valence-corrected chi connectivity index (χ2v) is 6.05. The van der Waals surface area contributed by atoms with E-state index in [9.17, 15) is 5.11 Å². The Morgan fingerprint density at radius 2 is 2.04 bits per heavy atom. The summed E-state index contributed by atoms with van der Waals surface area (Å²) < 4.78 is 6.85. The molecular weight excluding hydrogens is 356 g/mol. The van der Waals surface area contributed by atoms with Crippen LogP contribution in [0.25, 0.3) is 11.0 Å². The molecule has 0 aliphatic rings. The lowest BCUT2D eigenvalue weighted by molar-refractivity contribution is 0.373. The molecule has 140 valence electrons. The highest BCUT2D eigenvalue weighted by Gasteiger charge is 2.09. The number of hydrazone groups is 1. The van der Waals surface area contributed by atoms with Crippen LogP contribution in [0, 0.1) is 0 Å². The molecule has 8 nitrogen and oxygen atoms in total. The fourth-order valence-electron chi connectivity index (χ4n) is 2.81. The van der Waals surface area contributed by atoms with Crippen LogP contribution in [0.4, 0.5) is 5.82 Å². The van der Waals surface area contributed by atoms with Gasteiger partial charge in [0.1, 0.15) is 6.33 Å². The predicted molar refractivity (Wildman–Crippen MR) is 107 cm³/mol. The monoisotopic (exact) mass is 374 g/mol. The van der Waals surface area contributed by atoms with Crippen molar-refractivity contribution >= 4 is 23.1 Å². The third-order valence-electron chi connectivity index (χ3n) is 4.20. The maximum Gasteiger partial charge on any atom is 0.163 e. The van der Waals surface area contributed by atoms with E-state index in [-0.39, 0.29) is 5.75 Å². The molecule has 0 saturated carbocycles. The van der Waals surface area contributed by atoms with Gasteiger partial charge in [-0.25, -0.2) is 14.6 Å². The Balaban J connectivity index is 1.54. The van der Waals surface area contributed by atoms with E-state index in [2.05, 4.69) is 25.6 Å². The van der Waals surface area contributed by atoms with Crippen molar-refractivity contribution in [2.24, 2.45) is 5.10 Å². The SMILES string of the molecule is COc1ccc(/C=N\Nc2ncnc3c2cnn3Cc2ccccc2)cc1O. The fraction of sp³-hybridized carbons (Fsp3) is 0.100. The number of nitrogens with one attached hydrogen (secondary N) is 1. The smallest absolute Gasteiger partial charge is 0.163 e. The first-order chi connectivity index (χ1) is 13.7. The molecule has 28 heavy (non-hydrogen) atoms. The van der Waals surface area contributed by atoms with Gasteiger partial charge >= 0.3 is 0 Å². The van der Waals surface area contributed by atoms with Gasteiger partial charge in [0.05, 0.1) is 31.5 Å². The van der Waals surface area contributed by atoms with Crippen molar-refractivity contribution in [1.82, 2.24) is 19.7 Å². The Morgan fingerprint density at radius 3 is 2.82 bits per heavy atom. The minimum atomic E-state index is 0.0538. The largest absolute Gasteiger partial charge is 0.504 e. The standard InChI is InChI=1S/C20H18N6O2/c1-28-18-8-7-15(9-17(18)27)10-23-25-19-16-11-24-26(20(16)22-13-21-19)12-14-5-3-2-4-6-14/h2-11,13,27H,12H2,1H3,(H,21,22,25)/b23-10-. The zero-order chi connectivity index (χ0) is 19.3. The van der Waals surface area contributed by atoms with Gasteiger partial charge in [-0.15, -0.1) is 0 Å². The lowest BCUT2D eigenvalue weighted by atomic mass is 10.2. The normalized spacial score (nSPS) is 11.2. The average Bonchev–Trinajstić information content (AvgIpc) is 3.13. The molecular formula is C20H18N6O2. The lowest BCUT2D eigenvalue weighted by Gasteiger charge is -2.05. The molecule has 8 heteroatoms. The van der Waals surface area contributed by atoms with Crippen molar-refractivity contribution < 1.29 is 9.84 Å². The number of aromatic hydroxyl groups is 1. The van der Waals surface area contributed by atoms with Crippen molar-refractivity contribution in [3.8, 4) is 11.5 Å². The Labute approximate surface area is 161 Å². The predicted octanol–water partition coefficient (Wildman–Crippen LogP) is 3.03. The summed E-state index contributed by atoms with van der Waals surface area (Å²) in [7, 11) is 1.50. The highest BCUT2D eigenvalue weighted by atomic mass is 16.5. The molecule has 0 saturated heterocycles. The molecule has 2 N–H and O–H groups in total. The topological polar surface area (TPSA) is 97.5 Å². The van der Waals surface area contributed by atoms with E-state index in [1.807, 2.05) is 35.0 Å². The Bertz CT molecular complexity index is 1120. The van der Waals surface area contributed by atoms with Crippen molar-refractivity contribution in [2.75, 3.05) is 12.5 Å². The molecule has 2 aromatic heterocycles. The Hall–Kier alpha value is -3.94. The number of phenols is 1.